The molecule has 0 bridgehead atoms. The average Bonchev–Trinajstić information content (AvgIpc) is 3.06. The third-order valence-corrected chi connectivity index (χ3v) is 6.34. The van der Waals surface area contributed by atoms with Crippen molar-refractivity contribution in [3.8, 4) is 5.75 Å². The molecule has 1 fully saturated rings. The standard InChI is InChI=1S/C22H26N2O2S/c1-2-26-19-9-11-20(12-10-19)27-16-22(25)24-15-18-7-5-13-23(18)14-17-6-3-4-8-21(17)24/h3-4,6,8-12,18H,2,5,7,13-16H2,1H3. The largest absolute Gasteiger partial charge is 0.494 e. The lowest BCUT2D eigenvalue weighted by atomic mass is 10.1. The quantitative estimate of drug-likeness (QED) is 0.726. The zero-order valence-electron chi connectivity index (χ0n) is 15.8. The van der Waals surface area contributed by atoms with Crippen molar-refractivity contribution in [3.05, 3.63) is 54.1 Å². The first-order valence-corrected chi connectivity index (χ1v) is 10.7. The van der Waals surface area contributed by atoms with E-state index in [4.69, 9.17) is 4.74 Å². The summed E-state index contributed by atoms with van der Waals surface area (Å²) in [5.41, 5.74) is 2.35. The number of thioether (sulfide) groups is 1. The molecule has 2 aliphatic rings. The lowest BCUT2D eigenvalue weighted by Gasteiger charge is -2.26. The average molecular weight is 383 g/mol. The molecule has 2 aromatic carbocycles. The Kier molecular flexibility index (Phi) is 5.69. The van der Waals surface area contributed by atoms with Crippen LogP contribution in [-0.4, -0.2) is 42.3 Å². The minimum absolute atomic E-state index is 0.190. The molecule has 1 amide bonds. The smallest absolute Gasteiger partial charge is 0.237 e. The second-order valence-electron chi connectivity index (χ2n) is 7.09. The van der Waals surface area contributed by atoms with E-state index in [-0.39, 0.29) is 5.91 Å². The van der Waals surface area contributed by atoms with Crippen LogP contribution in [0.3, 0.4) is 0 Å². The molecule has 0 spiro atoms. The van der Waals surface area contributed by atoms with Gasteiger partial charge in [0.15, 0.2) is 0 Å². The van der Waals surface area contributed by atoms with Crippen LogP contribution in [0, 0.1) is 0 Å². The summed E-state index contributed by atoms with van der Waals surface area (Å²) in [4.78, 5) is 18.8. The fraction of sp³-hybridized carbons (Fsp3) is 0.409. The molecule has 1 atom stereocenters. The minimum Gasteiger partial charge on any atom is -0.494 e. The molecule has 4 rings (SSSR count). The molecule has 4 nitrogen and oxygen atoms in total. The SMILES string of the molecule is CCOc1ccc(SCC(=O)N2CC3CCCN3Cc3ccccc32)cc1. The zero-order chi connectivity index (χ0) is 18.6. The van der Waals surface area contributed by atoms with Gasteiger partial charge in [-0.15, -0.1) is 11.8 Å². The molecule has 1 unspecified atom stereocenters. The van der Waals surface area contributed by atoms with Gasteiger partial charge in [0, 0.05) is 29.7 Å². The van der Waals surface area contributed by atoms with Gasteiger partial charge in [-0.05, 0) is 62.2 Å². The maximum atomic E-state index is 13.1. The van der Waals surface area contributed by atoms with Gasteiger partial charge in [0.25, 0.3) is 0 Å². The Morgan fingerprint density at radius 2 is 2.00 bits per heavy atom. The maximum Gasteiger partial charge on any atom is 0.237 e. The molecule has 0 radical (unpaired) electrons. The molecular weight excluding hydrogens is 356 g/mol. The van der Waals surface area contributed by atoms with E-state index in [0.717, 1.165) is 36.0 Å². The number of carbonyl (C=O) groups is 1. The van der Waals surface area contributed by atoms with E-state index in [1.54, 1.807) is 11.8 Å². The van der Waals surface area contributed by atoms with Crippen molar-refractivity contribution in [2.24, 2.45) is 0 Å². The Labute approximate surface area is 165 Å². The zero-order valence-corrected chi connectivity index (χ0v) is 16.6. The molecule has 2 heterocycles. The minimum atomic E-state index is 0.190. The first kappa shape index (κ1) is 18.4. The topological polar surface area (TPSA) is 32.8 Å². The Balaban J connectivity index is 1.47. The van der Waals surface area contributed by atoms with Crippen molar-refractivity contribution in [2.45, 2.75) is 37.2 Å². The van der Waals surface area contributed by atoms with Gasteiger partial charge in [0.1, 0.15) is 5.75 Å². The summed E-state index contributed by atoms with van der Waals surface area (Å²) < 4.78 is 5.49. The summed E-state index contributed by atoms with van der Waals surface area (Å²) in [6, 6.07) is 16.8. The van der Waals surface area contributed by atoms with Gasteiger partial charge in [-0.25, -0.2) is 0 Å². The number of ether oxygens (including phenoxy) is 1. The number of hydrogen-bond acceptors (Lipinski definition) is 4. The predicted octanol–water partition coefficient (Wildman–Crippen LogP) is 4.19. The molecule has 0 aliphatic carbocycles. The van der Waals surface area contributed by atoms with Crippen LogP contribution in [-0.2, 0) is 11.3 Å². The number of nitrogens with zero attached hydrogens (tertiary/aromatic N) is 2. The van der Waals surface area contributed by atoms with Crippen LogP contribution in [0.2, 0.25) is 0 Å². The molecule has 1 saturated heterocycles. The lowest BCUT2D eigenvalue weighted by molar-refractivity contribution is -0.116. The summed E-state index contributed by atoms with van der Waals surface area (Å²) in [6.07, 6.45) is 2.42. The molecular formula is C22H26N2O2S. The normalized spacial score (nSPS) is 19.3. The highest BCUT2D eigenvalue weighted by molar-refractivity contribution is 8.00. The van der Waals surface area contributed by atoms with Crippen LogP contribution >= 0.6 is 11.8 Å². The monoisotopic (exact) mass is 382 g/mol. The number of amides is 1. The van der Waals surface area contributed by atoms with Gasteiger partial charge in [-0.1, -0.05) is 18.2 Å². The molecule has 2 aromatic rings. The van der Waals surface area contributed by atoms with Gasteiger partial charge >= 0.3 is 0 Å². The van der Waals surface area contributed by atoms with Crippen molar-refractivity contribution in [1.29, 1.82) is 0 Å². The molecule has 27 heavy (non-hydrogen) atoms. The first-order valence-electron chi connectivity index (χ1n) is 9.72. The van der Waals surface area contributed by atoms with Gasteiger partial charge in [0.05, 0.1) is 12.4 Å². The number of carbonyl (C=O) groups excluding carboxylic acids is 1. The summed E-state index contributed by atoms with van der Waals surface area (Å²) >= 11 is 1.60. The van der Waals surface area contributed by atoms with Crippen molar-refractivity contribution in [2.75, 3.05) is 30.3 Å². The van der Waals surface area contributed by atoms with Crippen molar-refractivity contribution >= 4 is 23.4 Å². The van der Waals surface area contributed by atoms with E-state index in [0.29, 0.717) is 18.4 Å². The van der Waals surface area contributed by atoms with Crippen LogP contribution in [0.4, 0.5) is 5.69 Å². The molecule has 0 N–H and O–H groups in total. The number of fused-ring (bicyclic) bond motifs is 2. The van der Waals surface area contributed by atoms with Crippen LogP contribution < -0.4 is 9.64 Å². The third-order valence-electron chi connectivity index (χ3n) is 5.35. The van der Waals surface area contributed by atoms with Gasteiger partial charge in [-0.2, -0.15) is 0 Å². The lowest BCUT2D eigenvalue weighted by Crippen LogP contribution is -2.41. The highest BCUT2D eigenvalue weighted by Crippen LogP contribution is 2.32. The van der Waals surface area contributed by atoms with Gasteiger partial charge < -0.3 is 9.64 Å². The van der Waals surface area contributed by atoms with Crippen molar-refractivity contribution in [3.63, 3.8) is 0 Å². The predicted molar refractivity (Wildman–Crippen MR) is 111 cm³/mol. The second kappa shape index (κ2) is 8.36. The number of hydrogen-bond donors (Lipinski definition) is 0. The van der Waals surface area contributed by atoms with Gasteiger partial charge in [-0.3, -0.25) is 9.69 Å². The van der Waals surface area contributed by atoms with E-state index < -0.39 is 0 Å². The van der Waals surface area contributed by atoms with E-state index in [1.165, 1.54) is 18.4 Å². The Hall–Kier alpha value is -1.98. The van der Waals surface area contributed by atoms with Gasteiger partial charge in [0.2, 0.25) is 5.91 Å². The maximum absolute atomic E-state index is 13.1. The summed E-state index contributed by atoms with van der Waals surface area (Å²) in [5.74, 6) is 1.51. The highest BCUT2D eigenvalue weighted by Gasteiger charge is 2.33. The number of anilines is 1. The third kappa shape index (κ3) is 4.14. The summed E-state index contributed by atoms with van der Waals surface area (Å²) in [6.45, 7) is 5.54. The molecule has 0 aromatic heterocycles. The van der Waals surface area contributed by atoms with E-state index in [9.17, 15) is 4.79 Å². The molecule has 5 heteroatoms. The first-order chi connectivity index (χ1) is 13.2. The fourth-order valence-corrected chi connectivity index (χ4v) is 4.78. The highest BCUT2D eigenvalue weighted by atomic mass is 32.2. The van der Waals surface area contributed by atoms with E-state index in [1.807, 2.05) is 42.2 Å². The van der Waals surface area contributed by atoms with Crippen LogP contribution in [0.15, 0.2) is 53.4 Å². The van der Waals surface area contributed by atoms with Crippen molar-refractivity contribution < 1.29 is 9.53 Å². The van der Waals surface area contributed by atoms with E-state index >= 15 is 0 Å². The second-order valence-corrected chi connectivity index (χ2v) is 8.14. The molecule has 142 valence electrons. The Morgan fingerprint density at radius 3 is 2.81 bits per heavy atom. The van der Waals surface area contributed by atoms with Crippen LogP contribution in [0.5, 0.6) is 5.75 Å². The van der Waals surface area contributed by atoms with Crippen LogP contribution in [0.1, 0.15) is 25.3 Å². The number of benzene rings is 2. The number of para-hydroxylation sites is 1. The van der Waals surface area contributed by atoms with Crippen molar-refractivity contribution in [1.82, 2.24) is 4.90 Å². The molecule has 2 aliphatic heterocycles. The van der Waals surface area contributed by atoms with Crippen LogP contribution in [0.25, 0.3) is 0 Å². The fourth-order valence-electron chi connectivity index (χ4n) is 4.00. The Morgan fingerprint density at radius 1 is 1.19 bits per heavy atom. The van der Waals surface area contributed by atoms with E-state index in [2.05, 4.69) is 23.1 Å². The Bertz CT molecular complexity index is 793. The summed E-state index contributed by atoms with van der Waals surface area (Å²) in [5, 5.41) is 0. The number of rotatable bonds is 5. The summed E-state index contributed by atoms with van der Waals surface area (Å²) in [7, 11) is 0. The molecule has 0 saturated carbocycles.